The van der Waals surface area contributed by atoms with Crippen LogP contribution in [-0.4, -0.2) is 18.4 Å². The molecule has 0 radical (unpaired) electrons. The van der Waals surface area contributed by atoms with E-state index in [0.717, 1.165) is 12.8 Å². The zero-order chi connectivity index (χ0) is 15.5. The molecule has 116 valence electrons. The number of nitrogens with one attached hydrogen (secondary N) is 2. The number of amides is 2. The van der Waals surface area contributed by atoms with Crippen LogP contribution in [0, 0.1) is 0 Å². The maximum Gasteiger partial charge on any atom is 0.243 e. The highest BCUT2D eigenvalue weighted by Crippen LogP contribution is 2.13. The van der Waals surface area contributed by atoms with Crippen LogP contribution < -0.4 is 10.6 Å². The third-order valence-corrected chi connectivity index (χ3v) is 3.33. The second kappa shape index (κ2) is 10.2. The zero-order valence-corrected chi connectivity index (χ0v) is 13.2. The minimum atomic E-state index is -0.239. The molecule has 5 heteroatoms. The zero-order valence-electron chi connectivity index (χ0n) is 12.5. The fourth-order valence-corrected chi connectivity index (χ4v) is 2.02. The van der Waals surface area contributed by atoms with Crippen molar-refractivity contribution in [2.45, 2.75) is 45.4 Å². The molecule has 0 bridgehead atoms. The molecule has 0 atom stereocenters. The van der Waals surface area contributed by atoms with Crippen molar-refractivity contribution in [1.82, 2.24) is 5.32 Å². The Bertz CT molecular complexity index is 446. The summed E-state index contributed by atoms with van der Waals surface area (Å²) >= 11 is 5.76. The smallest absolute Gasteiger partial charge is 0.243 e. The first-order valence-electron chi connectivity index (χ1n) is 7.44. The van der Waals surface area contributed by atoms with Gasteiger partial charge in [-0.05, 0) is 30.7 Å². The van der Waals surface area contributed by atoms with Crippen molar-refractivity contribution >= 4 is 29.1 Å². The van der Waals surface area contributed by atoms with E-state index in [9.17, 15) is 9.59 Å². The minimum absolute atomic E-state index is 0.00355. The van der Waals surface area contributed by atoms with Gasteiger partial charge in [-0.3, -0.25) is 9.59 Å². The normalized spacial score (nSPS) is 10.2. The summed E-state index contributed by atoms with van der Waals surface area (Å²) in [4.78, 5) is 23.2. The predicted octanol–water partition coefficient (Wildman–Crippen LogP) is 3.76. The summed E-state index contributed by atoms with van der Waals surface area (Å²) in [7, 11) is 0. The van der Waals surface area contributed by atoms with Gasteiger partial charge in [0, 0.05) is 17.1 Å². The SMILES string of the molecule is CCCCCCCC(=O)NCC(=O)Nc1ccc(Cl)cc1. The number of carbonyl (C=O) groups excluding carboxylic acids is 2. The number of carbonyl (C=O) groups is 2. The number of unbranched alkanes of at least 4 members (excludes halogenated alkanes) is 4. The molecule has 0 saturated carbocycles. The third-order valence-electron chi connectivity index (χ3n) is 3.08. The molecule has 2 amide bonds. The largest absolute Gasteiger partial charge is 0.347 e. The Labute approximate surface area is 131 Å². The molecule has 2 N–H and O–H groups in total. The fraction of sp³-hybridized carbons (Fsp3) is 0.500. The molecule has 0 fully saturated rings. The first kappa shape index (κ1) is 17.5. The van der Waals surface area contributed by atoms with Crippen molar-refractivity contribution < 1.29 is 9.59 Å². The first-order chi connectivity index (χ1) is 10.1. The van der Waals surface area contributed by atoms with Crippen molar-refractivity contribution in [3.8, 4) is 0 Å². The van der Waals surface area contributed by atoms with Crippen LogP contribution in [0.5, 0.6) is 0 Å². The van der Waals surface area contributed by atoms with E-state index in [1.54, 1.807) is 24.3 Å². The van der Waals surface area contributed by atoms with E-state index in [-0.39, 0.29) is 18.4 Å². The number of hydrogen-bond acceptors (Lipinski definition) is 2. The molecule has 0 saturated heterocycles. The first-order valence-corrected chi connectivity index (χ1v) is 7.81. The Morgan fingerprint density at radius 1 is 1.00 bits per heavy atom. The molecule has 0 unspecified atom stereocenters. The van der Waals surface area contributed by atoms with Crippen LogP contribution in [0.1, 0.15) is 45.4 Å². The van der Waals surface area contributed by atoms with Crippen molar-refractivity contribution in [3.05, 3.63) is 29.3 Å². The van der Waals surface area contributed by atoms with Gasteiger partial charge in [0.25, 0.3) is 0 Å². The van der Waals surface area contributed by atoms with Crippen molar-refractivity contribution in [1.29, 1.82) is 0 Å². The highest BCUT2D eigenvalue weighted by atomic mass is 35.5. The topological polar surface area (TPSA) is 58.2 Å². The molecule has 1 rings (SSSR count). The highest BCUT2D eigenvalue weighted by molar-refractivity contribution is 6.30. The molecule has 0 aliphatic rings. The molecule has 21 heavy (non-hydrogen) atoms. The lowest BCUT2D eigenvalue weighted by molar-refractivity contribution is -0.124. The molecular formula is C16H23ClN2O2. The average molecular weight is 311 g/mol. The number of rotatable bonds is 9. The Morgan fingerprint density at radius 2 is 1.67 bits per heavy atom. The Kier molecular flexibility index (Phi) is 8.51. The van der Waals surface area contributed by atoms with Crippen molar-refractivity contribution in [3.63, 3.8) is 0 Å². The molecule has 0 aliphatic heterocycles. The lowest BCUT2D eigenvalue weighted by atomic mass is 10.1. The number of halogens is 1. The summed E-state index contributed by atoms with van der Waals surface area (Å²) in [6.45, 7) is 2.16. The number of benzene rings is 1. The summed E-state index contributed by atoms with van der Waals surface area (Å²) in [6.07, 6.45) is 6.00. The molecule has 4 nitrogen and oxygen atoms in total. The van der Waals surface area contributed by atoms with Crippen molar-refractivity contribution in [2.24, 2.45) is 0 Å². The van der Waals surface area contributed by atoms with Gasteiger partial charge in [0.15, 0.2) is 0 Å². The van der Waals surface area contributed by atoms with E-state index < -0.39 is 0 Å². The second-order valence-electron chi connectivity index (χ2n) is 5.00. The van der Waals surface area contributed by atoms with E-state index in [1.807, 2.05) is 0 Å². The average Bonchev–Trinajstić information content (AvgIpc) is 2.47. The van der Waals surface area contributed by atoms with E-state index in [1.165, 1.54) is 19.3 Å². The Balaban J connectivity index is 2.14. The third kappa shape index (κ3) is 8.35. The van der Waals surface area contributed by atoms with Gasteiger partial charge in [0.05, 0.1) is 6.54 Å². The number of hydrogen-bond donors (Lipinski definition) is 2. The molecule has 1 aromatic rings. The Morgan fingerprint density at radius 3 is 2.33 bits per heavy atom. The summed E-state index contributed by atoms with van der Waals surface area (Å²) in [5.74, 6) is -0.311. The summed E-state index contributed by atoms with van der Waals surface area (Å²) in [6, 6.07) is 6.84. The summed E-state index contributed by atoms with van der Waals surface area (Å²) in [5, 5.41) is 5.94. The van der Waals surface area contributed by atoms with Crippen LogP contribution in [0.25, 0.3) is 0 Å². The van der Waals surface area contributed by atoms with E-state index >= 15 is 0 Å². The standard InChI is InChI=1S/C16H23ClN2O2/c1-2-3-4-5-6-7-15(20)18-12-16(21)19-14-10-8-13(17)9-11-14/h8-11H,2-7,12H2,1H3,(H,18,20)(H,19,21). The van der Waals surface area contributed by atoms with Gasteiger partial charge in [0.2, 0.25) is 11.8 Å². The maximum absolute atomic E-state index is 11.7. The summed E-state index contributed by atoms with van der Waals surface area (Å²) < 4.78 is 0. The maximum atomic E-state index is 11.7. The molecule has 0 spiro atoms. The van der Waals surface area contributed by atoms with Crippen LogP contribution in [-0.2, 0) is 9.59 Å². The van der Waals surface area contributed by atoms with Crippen LogP contribution in [0.15, 0.2) is 24.3 Å². The second-order valence-corrected chi connectivity index (χ2v) is 5.43. The van der Waals surface area contributed by atoms with Gasteiger partial charge in [-0.25, -0.2) is 0 Å². The lowest BCUT2D eigenvalue weighted by Gasteiger charge is -2.07. The van der Waals surface area contributed by atoms with Gasteiger partial charge in [-0.15, -0.1) is 0 Å². The minimum Gasteiger partial charge on any atom is -0.347 e. The fourth-order valence-electron chi connectivity index (χ4n) is 1.89. The van der Waals surface area contributed by atoms with Gasteiger partial charge >= 0.3 is 0 Å². The molecule has 0 aliphatic carbocycles. The predicted molar refractivity (Wildman–Crippen MR) is 86.5 cm³/mol. The van der Waals surface area contributed by atoms with Gasteiger partial charge in [-0.1, -0.05) is 44.2 Å². The van der Waals surface area contributed by atoms with Crippen LogP contribution in [0.2, 0.25) is 5.02 Å². The van der Waals surface area contributed by atoms with Gasteiger partial charge < -0.3 is 10.6 Å². The van der Waals surface area contributed by atoms with Crippen LogP contribution in [0.3, 0.4) is 0 Å². The molecular weight excluding hydrogens is 288 g/mol. The van der Waals surface area contributed by atoms with Crippen LogP contribution in [0.4, 0.5) is 5.69 Å². The van der Waals surface area contributed by atoms with Crippen LogP contribution >= 0.6 is 11.6 Å². The molecule has 0 heterocycles. The number of anilines is 1. The Hall–Kier alpha value is -1.55. The quantitative estimate of drug-likeness (QED) is 0.682. The van der Waals surface area contributed by atoms with Gasteiger partial charge in [0.1, 0.15) is 0 Å². The monoisotopic (exact) mass is 310 g/mol. The van der Waals surface area contributed by atoms with E-state index in [4.69, 9.17) is 11.6 Å². The van der Waals surface area contributed by atoms with Crippen molar-refractivity contribution in [2.75, 3.05) is 11.9 Å². The van der Waals surface area contributed by atoms with Gasteiger partial charge in [-0.2, -0.15) is 0 Å². The molecule has 0 aromatic heterocycles. The molecule has 1 aromatic carbocycles. The van der Waals surface area contributed by atoms with E-state index in [2.05, 4.69) is 17.6 Å². The highest BCUT2D eigenvalue weighted by Gasteiger charge is 2.05. The van der Waals surface area contributed by atoms with E-state index in [0.29, 0.717) is 17.1 Å². The lowest BCUT2D eigenvalue weighted by Crippen LogP contribution is -2.32. The summed E-state index contributed by atoms with van der Waals surface area (Å²) in [5.41, 5.74) is 0.665.